The molecule has 2 rings (SSSR count). The lowest BCUT2D eigenvalue weighted by Crippen LogP contribution is -2.43. The Kier molecular flexibility index (Phi) is 3.48. The van der Waals surface area contributed by atoms with Crippen molar-refractivity contribution in [1.82, 2.24) is 5.32 Å². The smallest absolute Gasteiger partial charge is 0.219 e. The molecule has 0 fully saturated rings. The zero-order valence-corrected chi connectivity index (χ0v) is 10.3. The molecule has 0 aliphatic heterocycles. The number of benzene rings is 1. The molecule has 0 saturated carbocycles. The van der Waals surface area contributed by atoms with E-state index in [4.69, 9.17) is 5.73 Å². The maximum atomic E-state index is 11.3. The Bertz CT molecular complexity index is 416. The van der Waals surface area contributed by atoms with Gasteiger partial charge in [-0.1, -0.05) is 30.7 Å². The van der Waals surface area contributed by atoms with E-state index in [0.29, 0.717) is 6.42 Å². The van der Waals surface area contributed by atoms with Crippen LogP contribution in [-0.2, 0) is 16.8 Å². The van der Waals surface area contributed by atoms with Crippen LogP contribution < -0.4 is 11.1 Å². The zero-order chi connectivity index (χ0) is 12.3. The quantitative estimate of drug-likeness (QED) is 0.779. The summed E-state index contributed by atoms with van der Waals surface area (Å²) in [6.45, 7) is 0. The highest BCUT2D eigenvalue weighted by atomic mass is 16.1. The molecule has 3 N–H and O–H groups in total. The van der Waals surface area contributed by atoms with E-state index in [-0.39, 0.29) is 11.4 Å². The van der Waals surface area contributed by atoms with Crippen LogP contribution in [0, 0.1) is 0 Å². The highest BCUT2D eigenvalue weighted by Crippen LogP contribution is 2.36. The first-order valence-corrected chi connectivity index (χ1v) is 6.23. The number of nitrogens with one attached hydrogen (secondary N) is 1. The third kappa shape index (κ3) is 2.34. The van der Waals surface area contributed by atoms with Gasteiger partial charge in [0.2, 0.25) is 5.91 Å². The molecule has 0 radical (unpaired) electrons. The van der Waals surface area contributed by atoms with Gasteiger partial charge in [0.05, 0.1) is 5.54 Å². The van der Waals surface area contributed by atoms with Gasteiger partial charge in [0, 0.05) is 6.42 Å². The van der Waals surface area contributed by atoms with Gasteiger partial charge in [-0.15, -0.1) is 0 Å². The van der Waals surface area contributed by atoms with Crippen molar-refractivity contribution in [3.05, 3.63) is 35.4 Å². The fourth-order valence-corrected chi connectivity index (χ4v) is 2.91. The minimum Gasteiger partial charge on any atom is -0.370 e. The molecule has 1 amide bonds. The summed E-state index contributed by atoms with van der Waals surface area (Å²) in [4.78, 5) is 11.3. The lowest BCUT2D eigenvalue weighted by Gasteiger charge is -2.33. The number of primary amides is 1. The average molecular weight is 232 g/mol. The van der Waals surface area contributed by atoms with Gasteiger partial charge in [-0.25, -0.2) is 0 Å². The van der Waals surface area contributed by atoms with Crippen LogP contribution in [0.3, 0.4) is 0 Å². The van der Waals surface area contributed by atoms with E-state index in [1.165, 1.54) is 17.5 Å². The minimum absolute atomic E-state index is 0.240. The van der Waals surface area contributed by atoms with E-state index >= 15 is 0 Å². The van der Waals surface area contributed by atoms with Crippen molar-refractivity contribution < 1.29 is 4.79 Å². The summed E-state index contributed by atoms with van der Waals surface area (Å²) >= 11 is 0. The van der Waals surface area contributed by atoms with Gasteiger partial charge < -0.3 is 11.1 Å². The molecule has 0 spiro atoms. The van der Waals surface area contributed by atoms with E-state index < -0.39 is 0 Å². The van der Waals surface area contributed by atoms with Gasteiger partial charge in [0.1, 0.15) is 0 Å². The Morgan fingerprint density at radius 1 is 1.41 bits per heavy atom. The van der Waals surface area contributed by atoms with Crippen LogP contribution in [0.15, 0.2) is 24.3 Å². The van der Waals surface area contributed by atoms with E-state index in [9.17, 15) is 4.79 Å². The number of hydrogen-bond acceptors (Lipinski definition) is 2. The normalized spacial score (nSPS) is 23.8. The van der Waals surface area contributed by atoms with E-state index in [2.05, 4.69) is 23.5 Å². The Balaban J connectivity index is 2.47. The van der Waals surface area contributed by atoms with Gasteiger partial charge in [-0.3, -0.25) is 4.79 Å². The minimum atomic E-state index is -0.265. The van der Waals surface area contributed by atoms with Gasteiger partial charge in [0.25, 0.3) is 0 Å². The van der Waals surface area contributed by atoms with Crippen molar-refractivity contribution >= 4 is 5.91 Å². The maximum absolute atomic E-state index is 11.3. The van der Waals surface area contributed by atoms with Crippen LogP contribution in [0.2, 0.25) is 0 Å². The Morgan fingerprint density at radius 3 is 2.88 bits per heavy atom. The number of carbonyl (C=O) groups is 1. The summed E-state index contributed by atoms with van der Waals surface area (Å²) < 4.78 is 0. The average Bonchev–Trinajstić information content (AvgIpc) is 2.50. The maximum Gasteiger partial charge on any atom is 0.219 e. The Morgan fingerprint density at radius 2 is 2.18 bits per heavy atom. The Labute approximate surface area is 102 Å². The van der Waals surface area contributed by atoms with Crippen molar-refractivity contribution in [3.63, 3.8) is 0 Å². The predicted octanol–water partition coefficient (Wildman–Crippen LogP) is 1.70. The van der Waals surface area contributed by atoms with Crippen molar-refractivity contribution in [3.8, 4) is 0 Å². The number of aryl methyl sites for hydroxylation is 1. The molecule has 0 bridgehead atoms. The predicted molar refractivity (Wildman–Crippen MR) is 68.5 cm³/mol. The Hall–Kier alpha value is -1.35. The molecule has 92 valence electrons. The number of hydrogen-bond donors (Lipinski definition) is 2. The first-order chi connectivity index (χ1) is 8.18. The molecule has 17 heavy (non-hydrogen) atoms. The second-order valence-corrected chi connectivity index (χ2v) is 4.84. The number of amides is 1. The summed E-state index contributed by atoms with van der Waals surface area (Å²) in [6.07, 6.45) is 4.75. The van der Waals surface area contributed by atoms with Gasteiger partial charge in [-0.05, 0) is 37.4 Å². The summed E-state index contributed by atoms with van der Waals surface area (Å²) in [5.41, 5.74) is 7.74. The lowest BCUT2D eigenvalue weighted by atomic mass is 9.81. The first kappa shape index (κ1) is 12.1. The number of rotatable bonds is 3. The molecule has 0 saturated heterocycles. The largest absolute Gasteiger partial charge is 0.370 e. The molecule has 1 aliphatic carbocycles. The number of fused-ring (bicyclic) bond motifs is 1. The van der Waals surface area contributed by atoms with Crippen LogP contribution in [-0.4, -0.2) is 13.0 Å². The van der Waals surface area contributed by atoms with E-state index in [0.717, 1.165) is 19.3 Å². The van der Waals surface area contributed by atoms with Crippen LogP contribution in [0.5, 0.6) is 0 Å². The second kappa shape index (κ2) is 4.88. The molecule has 0 heterocycles. The first-order valence-electron chi connectivity index (χ1n) is 6.23. The second-order valence-electron chi connectivity index (χ2n) is 4.84. The van der Waals surface area contributed by atoms with Crippen molar-refractivity contribution in [1.29, 1.82) is 0 Å². The molecule has 1 aliphatic rings. The van der Waals surface area contributed by atoms with Gasteiger partial charge >= 0.3 is 0 Å². The van der Waals surface area contributed by atoms with Crippen LogP contribution in [0.4, 0.5) is 0 Å². The lowest BCUT2D eigenvalue weighted by molar-refractivity contribution is -0.119. The summed E-state index contributed by atoms with van der Waals surface area (Å²) in [5.74, 6) is -0.240. The number of carbonyl (C=O) groups excluding carboxylic acids is 1. The molecular weight excluding hydrogens is 212 g/mol. The topological polar surface area (TPSA) is 55.1 Å². The molecule has 1 atom stereocenters. The van der Waals surface area contributed by atoms with E-state index in [1.807, 2.05) is 13.1 Å². The summed E-state index contributed by atoms with van der Waals surface area (Å²) in [7, 11) is 1.92. The zero-order valence-electron chi connectivity index (χ0n) is 10.3. The summed E-state index contributed by atoms with van der Waals surface area (Å²) in [5, 5.41) is 3.34. The third-order valence-electron chi connectivity index (χ3n) is 3.79. The van der Waals surface area contributed by atoms with Gasteiger partial charge in [0.15, 0.2) is 0 Å². The molecule has 1 aromatic carbocycles. The van der Waals surface area contributed by atoms with Crippen molar-refractivity contribution in [2.24, 2.45) is 5.73 Å². The van der Waals surface area contributed by atoms with Crippen LogP contribution in [0.25, 0.3) is 0 Å². The fourth-order valence-electron chi connectivity index (χ4n) is 2.91. The van der Waals surface area contributed by atoms with Gasteiger partial charge in [-0.2, -0.15) is 0 Å². The highest BCUT2D eigenvalue weighted by molar-refractivity contribution is 5.75. The molecular formula is C14H20N2O. The SMILES string of the molecule is CNC1(CC(N)=O)CCCCc2ccccc21. The monoisotopic (exact) mass is 232 g/mol. The molecule has 1 unspecified atom stereocenters. The molecule has 0 aromatic heterocycles. The van der Waals surface area contributed by atoms with Crippen molar-refractivity contribution in [2.75, 3.05) is 7.05 Å². The number of nitrogens with two attached hydrogens (primary N) is 1. The van der Waals surface area contributed by atoms with Crippen molar-refractivity contribution in [2.45, 2.75) is 37.6 Å². The van der Waals surface area contributed by atoms with Crippen LogP contribution in [0.1, 0.15) is 36.8 Å². The molecule has 3 heteroatoms. The summed E-state index contributed by atoms with van der Waals surface area (Å²) in [6, 6.07) is 8.39. The fraction of sp³-hybridized carbons (Fsp3) is 0.500. The third-order valence-corrected chi connectivity index (χ3v) is 3.79. The molecule has 1 aromatic rings. The van der Waals surface area contributed by atoms with Crippen LogP contribution >= 0.6 is 0 Å². The standard InChI is InChI=1S/C14H20N2O/c1-16-14(10-13(15)17)9-5-4-7-11-6-2-3-8-12(11)14/h2-3,6,8,16H,4-5,7,9-10H2,1H3,(H2,15,17). The highest BCUT2D eigenvalue weighted by Gasteiger charge is 2.34. The van der Waals surface area contributed by atoms with E-state index in [1.54, 1.807) is 0 Å². The molecule has 3 nitrogen and oxygen atoms in total.